The molecule has 0 saturated heterocycles. The Hall–Kier alpha value is -0.820. The Morgan fingerprint density at radius 2 is 1.85 bits per heavy atom. The van der Waals surface area contributed by atoms with E-state index in [1.165, 1.54) is 30.4 Å². The summed E-state index contributed by atoms with van der Waals surface area (Å²) in [7, 11) is 0. The molecule has 2 aliphatic carbocycles. The second-order valence-electron chi connectivity index (χ2n) is 7.67. The van der Waals surface area contributed by atoms with Gasteiger partial charge in [-0.2, -0.15) is 0 Å². The molecule has 1 nitrogen and oxygen atoms in total. The highest BCUT2D eigenvalue weighted by atomic mass is 15.0. The molecular formula is C19H29N. The van der Waals surface area contributed by atoms with E-state index in [4.69, 9.17) is 0 Å². The smallest absolute Gasteiger partial charge is 0.0211 e. The van der Waals surface area contributed by atoms with E-state index in [0.717, 1.165) is 18.9 Å². The molecule has 20 heavy (non-hydrogen) atoms. The van der Waals surface area contributed by atoms with E-state index in [9.17, 15) is 0 Å². The molecule has 0 aromatic heterocycles. The Bertz CT molecular complexity index is 490. The summed E-state index contributed by atoms with van der Waals surface area (Å²) in [5.74, 6) is 0.923. The van der Waals surface area contributed by atoms with Crippen molar-refractivity contribution in [3.63, 3.8) is 0 Å². The topological polar surface area (TPSA) is 12.0 Å². The third kappa shape index (κ3) is 1.94. The zero-order chi connectivity index (χ0) is 14.4. The second kappa shape index (κ2) is 4.87. The largest absolute Gasteiger partial charge is 0.309 e. The van der Waals surface area contributed by atoms with Gasteiger partial charge < -0.3 is 5.32 Å². The van der Waals surface area contributed by atoms with Gasteiger partial charge in [0.1, 0.15) is 0 Å². The van der Waals surface area contributed by atoms with Gasteiger partial charge in [0.2, 0.25) is 0 Å². The Morgan fingerprint density at radius 1 is 1.15 bits per heavy atom. The fourth-order valence-corrected chi connectivity index (χ4v) is 4.82. The lowest BCUT2D eigenvalue weighted by Crippen LogP contribution is -2.44. The van der Waals surface area contributed by atoms with Crippen LogP contribution in [0.15, 0.2) is 24.3 Å². The quantitative estimate of drug-likeness (QED) is 0.847. The van der Waals surface area contributed by atoms with E-state index in [-0.39, 0.29) is 0 Å². The van der Waals surface area contributed by atoms with E-state index < -0.39 is 0 Å². The summed E-state index contributed by atoms with van der Waals surface area (Å²) in [5, 5.41) is 3.90. The van der Waals surface area contributed by atoms with Crippen LogP contribution in [0.25, 0.3) is 0 Å². The standard InChI is InChI=1S/C19H29N/c1-5-14-8-6-7-9-15(14)13-20-17-12-16-10-11-19(17,4)18(16,2)3/h6-9,16-17,20H,5,10-13H2,1-4H3. The third-order valence-corrected chi connectivity index (χ3v) is 6.83. The van der Waals surface area contributed by atoms with Gasteiger partial charge in [0.05, 0.1) is 0 Å². The molecule has 3 unspecified atom stereocenters. The molecular weight excluding hydrogens is 242 g/mol. The second-order valence-corrected chi connectivity index (χ2v) is 7.67. The molecule has 2 saturated carbocycles. The molecule has 2 aliphatic rings. The highest BCUT2D eigenvalue weighted by molar-refractivity contribution is 5.27. The monoisotopic (exact) mass is 271 g/mol. The predicted molar refractivity (Wildman–Crippen MR) is 85.7 cm³/mol. The van der Waals surface area contributed by atoms with Gasteiger partial charge in [-0.15, -0.1) is 0 Å². The molecule has 0 heterocycles. The van der Waals surface area contributed by atoms with Crippen LogP contribution in [0.3, 0.4) is 0 Å². The highest BCUT2D eigenvalue weighted by Gasteiger charge is 2.60. The lowest BCUT2D eigenvalue weighted by Gasteiger charge is -2.39. The van der Waals surface area contributed by atoms with Crippen molar-refractivity contribution in [1.82, 2.24) is 5.32 Å². The van der Waals surface area contributed by atoms with Crippen LogP contribution in [-0.2, 0) is 13.0 Å². The molecule has 1 aromatic carbocycles. The number of hydrogen-bond donors (Lipinski definition) is 1. The van der Waals surface area contributed by atoms with E-state index in [0.29, 0.717) is 16.9 Å². The Kier molecular flexibility index (Phi) is 3.44. The van der Waals surface area contributed by atoms with Crippen molar-refractivity contribution in [2.45, 2.75) is 66.0 Å². The molecule has 0 aliphatic heterocycles. The maximum atomic E-state index is 3.90. The van der Waals surface area contributed by atoms with Gasteiger partial charge in [0.15, 0.2) is 0 Å². The summed E-state index contributed by atoms with van der Waals surface area (Å²) in [6, 6.07) is 9.57. The number of aryl methyl sites for hydroxylation is 1. The van der Waals surface area contributed by atoms with Gasteiger partial charge in [0, 0.05) is 12.6 Å². The Balaban J connectivity index is 1.71. The van der Waals surface area contributed by atoms with Crippen LogP contribution < -0.4 is 5.32 Å². The highest BCUT2D eigenvalue weighted by Crippen LogP contribution is 2.65. The predicted octanol–water partition coefficient (Wildman–Crippen LogP) is 4.55. The summed E-state index contributed by atoms with van der Waals surface area (Å²) >= 11 is 0. The van der Waals surface area contributed by atoms with E-state index >= 15 is 0 Å². The summed E-state index contributed by atoms with van der Waals surface area (Å²) in [6.07, 6.45) is 5.34. The normalized spacial score (nSPS) is 34.6. The van der Waals surface area contributed by atoms with Gasteiger partial charge in [-0.05, 0) is 53.6 Å². The van der Waals surface area contributed by atoms with Gasteiger partial charge in [-0.25, -0.2) is 0 Å². The van der Waals surface area contributed by atoms with Crippen molar-refractivity contribution in [2.24, 2.45) is 16.7 Å². The molecule has 3 atom stereocenters. The Labute approximate surface area is 124 Å². The summed E-state index contributed by atoms with van der Waals surface area (Å²) < 4.78 is 0. The molecule has 3 rings (SSSR count). The summed E-state index contributed by atoms with van der Waals surface area (Å²) in [4.78, 5) is 0. The number of benzene rings is 1. The fraction of sp³-hybridized carbons (Fsp3) is 0.684. The molecule has 0 radical (unpaired) electrons. The van der Waals surface area contributed by atoms with Crippen molar-refractivity contribution in [3.05, 3.63) is 35.4 Å². The minimum Gasteiger partial charge on any atom is -0.309 e. The minimum atomic E-state index is 0.485. The number of hydrogen-bond acceptors (Lipinski definition) is 1. The first kappa shape index (κ1) is 14.1. The van der Waals surface area contributed by atoms with Crippen LogP contribution in [0.2, 0.25) is 0 Å². The maximum Gasteiger partial charge on any atom is 0.0211 e. The van der Waals surface area contributed by atoms with Crippen LogP contribution in [-0.4, -0.2) is 6.04 Å². The summed E-state index contributed by atoms with van der Waals surface area (Å²) in [5.41, 5.74) is 3.97. The van der Waals surface area contributed by atoms with Gasteiger partial charge in [0.25, 0.3) is 0 Å². The van der Waals surface area contributed by atoms with E-state index in [1.54, 1.807) is 0 Å². The molecule has 2 fully saturated rings. The first-order chi connectivity index (χ1) is 9.49. The van der Waals surface area contributed by atoms with Crippen molar-refractivity contribution in [1.29, 1.82) is 0 Å². The lowest BCUT2D eigenvalue weighted by atomic mass is 9.69. The van der Waals surface area contributed by atoms with Gasteiger partial charge >= 0.3 is 0 Å². The first-order valence-electron chi connectivity index (χ1n) is 8.29. The molecule has 0 spiro atoms. The average molecular weight is 271 g/mol. The van der Waals surface area contributed by atoms with E-state index in [2.05, 4.69) is 57.3 Å². The zero-order valence-corrected chi connectivity index (χ0v) is 13.5. The molecule has 1 heteroatoms. The molecule has 1 aromatic rings. The molecule has 0 amide bonds. The van der Waals surface area contributed by atoms with Crippen molar-refractivity contribution in [2.75, 3.05) is 0 Å². The molecule has 110 valence electrons. The van der Waals surface area contributed by atoms with Crippen molar-refractivity contribution >= 4 is 0 Å². The minimum absolute atomic E-state index is 0.485. The molecule has 2 bridgehead atoms. The number of rotatable bonds is 4. The van der Waals surface area contributed by atoms with Crippen LogP contribution in [0.4, 0.5) is 0 Å². The van der Waals surface area contributed by atoms with Crippen LogP contribution in [0.1, 0.15) is 58.1 Å². The van der Waals surface area contributed by atoms with Crippen LogP contribution in [0, 0.1) is 16.7 Å². The Morgan fingerprint density at radius 3 is 2.40 bits per heavy atom. The van der Waals surface area contributed by atoms with Crippen molar-refractivity contribution < 1.29 is 0 Å². The fourth-order valence-electron chi connectivity index (χ4n) is 4.82. The summed E-state index contributed by atoms with van der Waals surface area (Å²) in [6.45, 7) is 10.8. The third-order valence-electron chi connectivity index (χ3n) is 6.83. The lowest BCUT2D eigenvalue weighted by molar-refractivity contribution is 0.120. The SMILES string of the molecule is CCc1ccccc1CNC1CC2CCC1(C)C2(C)C. The number of fused-ring (bicyclic) bond motifs is 2. The number of nitrogens with one attached hydrogen (secondary N) is 1. The molecule has 1 N–H and O–H groups in total. The van der Waals surface area contributed by atoms with Gasteiger partial charge in [-0.1, -0.05) is 52.0 Å². The first-order valence-corrected chi connectivity index (χ1v) is 8.29. The van der Waals surface area contributed by atoms with Crippen molar-refractivity contribution in [3.8, 4) is 0 Å². The maximum absolute atomic E-state index is 3.90. The van der Waals surface area contributed by atoms with Crippen LogP contribution >= 0.6 is 0 Å². The zero-order valence-electron chi connectivity index (χ0n) is 13.5. The van der Waals surface area contributed by atoms with E-state index in [1.807, 2.05) is 0 Å². The average Bonchev–Trinajstić information content (AvgIpc) is 2.78. The van der Waals surface area contributed by atoms with Crippen LogP contribution in [0.5, 0.6) is 0 Å². The van der Waals surface area contributed by atoms with Gasteiger partial charge in [-0.3, -0.25) is 0 Å².